The molecule has 0 saturated carbocycles. The summed E-state index contributed by atoms with van der Waals surface area (Å²) in [5.74, 6) is 0.983. The highest BCUT2D eigenvalue weighted by atomic mass is 16.3. The van der Waals surface area contributed by atoms with E-state index < -0.39 is 0 Å². The number of nitrogens with zero attached hydrogens (tertiary/aromatic N) is 1. The van der Waals surface area contributed by atoms with E-state index in [1.807, 2.05) is 35.2 Å². The Bertz CT molecular complexity index is 605. The summed E-state index contributed by atoms with van der Waals surface area (Å²) in [6, 6.07) is 9.57. The molecular weight excluding hydrogens is 252 g/mol. The molecule has 2 aromatic rings. The van der Waals surface area contributed by atoms with E-state index in [0.29, 0.717) is 18.5 Å². The van der Waals surface area contributed by atoms with Crippen LogP contribution >= 0.6 is 0 Å². The molecule has 0 atom stereocenters. The van der Waals surface area contributed by atoms with Crippen LogP contribution in [0.25, 0.3) is 0 Å². The van der Waals surface area contributed by atoms with Crippen LogP contribution in [0.4, 0.5) is 11.4 Å². The molecule has 0 spiro atoms. The van der Waals surface area contributed by atoms with Gasteiger partial charge in [0, 0.05) is 30.8 Å². The average Bonchev–Trinajstić information content (AvgIpc) is 2.97. The number of hydrogen-bond donors (Lipinski definition) is 1. The second-order valence-electron chi connectivity index (χ2n) is 5.12. The minimum atomic E-state index is 0.132. The molecule has 0 bridgehead atoms. The normalized spacial score (nSPS) is 14.1. The van der Waals surface area contributed by atoms with E-state index in [1.165, 1.54) is 5.56 Å². The molecule has 2 N–H and O–H groups in total. The summed E-state index contributed by atoms with van der Waals surface area (Å²) < 4.78 is 5.27. The van der Waals surface area contributed by atoms with E-state index in [0.717, 1.165) is 30.8 Å². The van der Waals surface area contributed by atoms with Crippen molar-refractivity contribution < 1.29 is 9.21 Å². The Morgan fingerprint density at radius 2 is 2.25 bits per heavy atom. The van der Waals surface area contributed by atoms with Gasteiger partial charge in [0.2, 0.25) is 5.91 Å². The predicted octanol–water partition coefficient (Wildman–Crippen LogP) is 2.77. The number of fused-ring (bicyclic) bond motifs is 1. The van der Waals surface area contributed by atoms with Gasteiger partial charge < -0.3 is 15.1 Å². The first kappa shape index (κ1) is 12.8. The summed E-state index contributed by atoms with van der Waals surface area (Å²) in [5, 5.41) is 0. The zero-order chi connectivity index (χ0) is 13.9. The van der Waals surface area contributed by atoms with Gasteiger partial charge in [-0.05, 0) is 42.7 Å². The molecule has 104 valence electrons. The molecule has 2 heterocycles. The standard InChI is InChI=1S/C16H18N2O2/c17-13-6-5-12-3-1-9-18(15(12)11-13)16(19)8-7-14-4-2-10-20-14/h2,4-6,10-11H,1,3,7-9,17H2. The van der Waals surface area contributed by atoms with Crippen LogP contribution in [0.3, 0.4) is 0 Å². The lowest BCUT2D eigenvalue weighted by Crippen LogP contribution is -2.35. The van der Waals surface area contributed by atoms with Gasteiger partial charge in [0.1, 0.15) is 5.76 Å². The fourth-order valence-electron chi connectivity index (χ4n) is 2.67. The minimum absolute atomic E-state index is 0.132. The number of aryl methyl sites for hydroxylation is 2. The van der Waals surface area contributed by atoms with Crippen molar-refractivity contribution in [1.82, 2.24) is 0 Å². The van der Waals surface area contributed by atoms with Crippen molar-refractivity contribution >= 4 is 17.3 Å². The topological polar surface area (TPSA) is 59.5 Å². The molecule has 4 nitrogen and oxygen atoms in total. The van der Waals surface area contributed by atoms with Crippen molar-refractivity contribution in [2.45, 2.75) is 25.7 Å². The Labute approximate surface area is 118 Å². The van der Waals surface area contributed by atoms with E-state index in [4.69, 9.17) is 10.2 Å². The van der Waals surface area contributed by atoms with Gasteiger partial charge in [-0.1, -0.05) is 6.07 Å². The quantitative estimate of drug-likeness (QED) is 0.872. The fraction of sp³-hybridized carbons (Fsp3) is 0.312. The predicted molar refractivity (Wildman–Crippen MR) is 78.6 cm³/mol. The highest BCUT2D eigenvalue weighted by molar-refractivity contribution is 5.95. The molecule has 0 fully saturated rings. The van der Waals surface area contributed by atoms with Crippen LogP contribution in [0, 0.1) is 0 Å². The van der Waals surface area contributed by atoms with Gasteiger partial charge in [-0.15, -0.1) is 0 Å². The Morgan fingerprint density at radius 3 is 3.05 bits per heavy atom. The van der Waals surface area contributed by atoms with Crippen molar-refractivity contribution in [3.8, 4) is 0 Å². The lowest BCUT2D eigenvalue weighted by atomic mass is 10.0. The first-order valence-corrected chi connectivity index (χ1v) is 6.95. The molecule has 1 aliphatic heterocycles. The smallest absolute Gasteiger partial charge is 0.227 e. The van der Waals surface area contributed by atoms with Gasteiger partial charge in [0.05, 0.1) is 6.26 Å². The number of nitrogen functional groups attached to an aromatic ring is 1. The second kappa shape index (κ2) is 5.41. The molecule has 3 rings (SSSR count). The summed E-state index contributed by atoms with van der Waals surface area (Å²) in [4.78, 5) is 14.3. The monoisotopic (exact) mass is 270 g/mol. The van der Waals surface area contributed by atoms with E-state index in [1.54, 1.807) is 6.26 Å². The maximum atomic E-state index is 12.4. The molecule has 20 heavy (non-hydrogen) atoms. The Morgan fingerprint density at radius 1 is 1.35 bits per heavy atom. The third-order valence-corrected chi connectivity index (χ3v) is 3.69. The maximum absolute atomic E-state index is 12.4. The number of nitrogens with two attached hydrogens (primary N) is 1. The summed E-state index contributed by atoms with van der Waals surface area (Å²) in [6.45, 7) is 0.771. The Hall–Kier alpha value is -2.23. The van der Waals surface area contributed by atoms with Crippen LogP contribution < -0.4 is 10.6 Å². The summed E-state index contributed by atoms with van der Waals surface area (Å²) in [6.07, 6.45) is 4.75. The van der Waals surface area contributed by atoms with Gasteiger partial charge in [0.25, 0.3) is 0 Å². The van der Waals surface area contributed by atoms with Crippen molar-refractivity contribution in [1.29, 1.82) is 0 Å². The van der Waals surface area contributed by atoms with Crippen LogP contribution in [0.1, 0.15) is 24.2 Å². The number of carbonyl (C=O) groups is 1. The number of hydrogen-bond acceptors (Lipinski definition) is 3. The van der Waals surface area contributed by atoms with Gasteiger partial charge >= 0.3 is 0 Å². The summed E-state index contributed by atoms with van der Waals surface area (Å²) in [7, 11) is 0. The lowest BCUT2D eigenvalue weighted by Gasteiger charge is -2.29. The lowest BCUT2D eigenvalue weighted by molar-refractivity contribution is -0.118. The zero-order valence-electron chi connectivity index (χ0n) is 11.3. The van der Waals surface area contributed by atoms with Gasteiger partial charge in [-0.25, -0.2) is 0 Å². The van der Waals surface area contributed by atoms with Crippen molar-refractivity contribution in [2.75, 3.05) is 17.2 Å². The van der Waals surface area contributed by atoms with Crippen LogP contribution in [0.15, 0.2) is 41.0 Å². The molecule has 4 heteroatoms. The third kappa shape index (κ3) is 2.54. The van der Waals surface area contributed by atoms with Crippen LogP contribution in [0.2, 0.25) is 0 Å². The Balaban J connectivity index is 1.74. The van der Waals surface area contributed by atoms with E-state index in [-0.39, 0.29) is 5.91 Å². The van der Waals surface area contributed by atoms with Gasteiger partial charge in [-0.3, -0.25) is 4.79 Å². The molecule has 1 aliphatic rings. The molecule has 0 aliphatic carbocycles. The van der Waals surface area contributed by atoms with Gasteiger partial charge in [0.15, 0.2) is 0 Å². The fourth-order valence-corrected chi connectivity index (χ4v) is 2.67. The maximum Gasteiger partial charge on any atom is 0.227 e. The minimum Gasteiger partial charge on any atom is -0.469 e. The third-order valence-electron chi connectivity index (χ3n) is 3.69. The SMILES string of the molecule is Nc1ccc2c(c1)N(C(=O)CCc1ccco1)CCC2. The molecule has 0 saturated heterocycles. The number of benzene rings is 1. The molecule has 1 amide bonds. The number of rotatable bonds is 3. The average molecular weight is 270 g/mol. The Kier molecular flexibility index (Phi) is 3.46. The van der Waals surface area contributed by atoms with E-state index in [9.17, 15) is 4.79 Å². The van der Waals surface area contributed by atoms with Crippen molar-refractivity contribution in [3.05, 3.63) is 47.9 Å². The zero-order valence-corrected chi connectivity index (χ0v) is 11.3. The molecule has 1 aromatic heterocycles. The van der Waals surface area contributed by atoms with Crippen LogP contribution in [-0.4, -0.2) is 12.5 Å². The van der Waals surface area contributed by atoms with E-state index >= 15 is 0 Å². The second-order valence-corrected chi connectivity index (χ2v) is 5.12. The largest absolute Gasteiger partial charge is 0.469 e. The number of anilines is 2. The first-order chi connectivity index (χ1) is 9.74. The van der Waals surface area contributed by atoms with Crippen molar-refractivity contribution in [2.24, 2.45) is 0 Å². The number of amides is 1. The number of carbonyl (C=O) groups excluding carboxylic acids is 1. The summed E-state index contributed by atoms with van der Waals surface area (Å²) >= 11 is 0. The molecule has 0 unspecified atom stereocenters. The van der Waals surface area contributed by atoms with Crippen LogP contribution in [-0.2, 0) is 17.6 Å². The molecule has 1 aromatic carbocycles. The molecular formula is C16H18N2O2. The summed E-state index contributed by atoms with van der Waals surface area (Å²) in [5.41, 5.74) is 8.72. The first-order valence-electron chi connectivity index (χ1n) is 6.95. The highest BCUT2D eigenvalue weighted by Crippen LogP contribution is 2.29. The highest BCUT2D eigenvalue weighted by Gasteiger charge is 2.22. The van der Waals surface area contributed by atoms with Crippen LogP contribution in [0.5, 0.6) is 0 Å². The van der Waals surface area contributed by atoms with E-state index in [2.05, 4.69) is 0 Å². The van der Waals surface area contributed by atoms with Gasteiger partial charge in [-0.2, -0.15) is 0 Å². The number of furan rings is 1. The van der Waals surface area contributed by atoms with Crippen molar-refractivity contribution in [3.63, 3.8) is 0 Å². The molecule has 0 radical (unpaired) electrons.